The van der Waals surface area contributed by atoms with Gasteiger partial charge >= 0.3 is 0 Å². The fourth-order valence-corrected chi connectivity index (χ4v) is 3.93. The predicted molar refractivity (Wildman–Crippen MR) is 123 cm³/mol. The molecule has 4 rings (SSSR count). The SMILES string of the molecule is C[C@H](C(=O)Nc1cccc2ccccc12)N(C)Cc1ccccc1N1CCOCC1. The third kappa shape index (κ3) is 4.48. The van der Waals surface area contributed by atoms with Crippen LogP contribution in [-0.2, 0) is 16.1 Å². The first-order chi connectivity index (χ1) is 14.6. The lowest BCUT2D eigenvalue weighted by molar-refractivity contribution is -0.120. The molecule has 1 amide bonds. The van der Waals surface area contributed by atoms with Crippen molar-refractivity contribution < 1.29 is 9.53 Å². The van der Waals surface area contributed by atoms with Gasteiger partial charge in [-0.15, -0.1) is 0 Å². The zero-order valence-corrected chi connectivity index (χ0v) is 17.7. The highest BCUT2D eigenvalue weighted by atomic mass is 16.5. The number of benzene rings is 3. The molecular weight excluding hydrogens is 374 g/mol. The first kappa shape index (κ1) is 20.4. The Morgan fingerprint density at radius 1 is 1.03 bits per heavy atom. The van der Waals surface area contributed by atoms with Crippen molar-refractivity contribution in [3.8, 4) is 0 Å². The van der Waals surface area contributed by atoms with Crippen LogP contribution in [0.25, 0.3) is 10.8 Å². The van der Waals surface area contributed by atoms with Crippen LogP contribution in [0.2, 0.25) is 0 Å². The molecule has 1 atom stereocenters. The van der Waals surface area contributed by atoms with Crippen molar-refractivity contribution >= 4 is 28.1 Å². The molecule has 1 heterocycles. The quantitative estimate of drug-likeness (QED) is 0.672. The predicted octanol–water partition coefficient (Wildman–Crippen LogP) is 4.14. The van der Waals surface area contributed by atoms with Crippen molar-refractivity contribution in [2.45, 2.75) is 19.5 Å². The Kier molecular flexibility index (Phi) is 6.31. The summed E-state index contributed by atoms with van der Waals surface area (Å²) in [7, 11) is 2.00. The second-order valence-corrected chi connectivity index (χ2v) is 7.84. The molecule has 5 heteroatoms. The van der Waals surface area contributed by atoms with Crippen molar-refractivity contribution in [2.24, 2.45) is 0 Å². The lowest BCUT2D eigenvalue weighted by Gasteiger charge is -2.32. The molecular formula is C25H29N3O2. The van der Waals surface area contributed by atoms with Crippen LogP contribution in [-0.4, -0.2) is 50.2 Å². The average Bonchev–Trinajstić information content (AvgIpc) is 2.79. The summed E-state index contributed by atoms with van der Waals surface area (Å²) >= 11 is 0. The highest BCUT2D eigenvalue weighted by Gasteiger charge is 2.21. The van der Waals surface area contributed by atoms with Crippen LogP contribution in [0.3, 0.4) is 0 Å². The Morgan fingerprint density at radius 3 is 2.57 bits per heavy atom. The van der Waals surface area contributed by atoms with Gasteiger partial charge in [0, 0.05) is 36.4 Å². The molecule has 1 saturated heterocycles. The number of hydrogen-bond donors (Lipinski definition) is 1. The number of fused-ring (bicyclic) bond motifs is 1. The summed E-state index contributed by atoms with van der Waals surface area (Å²) in [4.78, 5) is 17.5. The molecule has 1 fully saturated rings. The first-order valence-electron chi connectivity index (χ1n) is 10.5. The van der Waals surface area contributed by atoms with E-state index in [-0.39, 0.29) is 11.9 Å². The maximum Gasteiger partial charge on any atom is 0.241 e. The average molecular weight is 404 g/mol. The second-order valence-electron chi connectivity index (χ2n) is 7.84. The Hall–Kier alpha value is -2.89. The number of hydrogen-bond acceptors (Lipinski definition) is 4. The zero-order chi connectivity index (χ0) is 20.9. The lowest BCUT2D eigenvalue weighted by Crippen LogP contribution is -2.40. The minimum Gasteiger partial charge on any atom is -0.378 e. The number of para-hydroxylation sites is 1. The van der Waals surface area contributed by atoms with Gasteiger partial charge in [-0.05, 0) is 37.1 Å². The molecule has 1 aliphatic heterocycles. The summed E-state index contributed by atoms with van der Waals surface area (Å²) in [5, 5.41) is 5.30. The molecule has 0 aromatic heterocycles. The van der Waals surface area contributed by atoms with Gasteiger partial charge in [0.1, 0.15) is 0 Å². The number of carbonyl (C=O) groups excluding carboxylic acids is 1. The van der Waals surface area contributed by atoms with Gasteiger partial charge in [-0.1, -0.05) is 54.6 Å². The molecule has 5 nitrogen and oxygen atoms in total. The number of nitrogens with zero attached hydrogens (tertiary/aromatic N) is 2. The Balaban J connectivity index is 1.46. The van der Waals surface area contributed by atoms with Gasteiger partial charge in [0.2, 0.25) is 5.91 Å². The molecule has 0 saturated carbocycles. The number of anilines is 2. The molecule has 30 heavy (non-hydrogen) atoms. The maximum atomic E-state index is 13.0. The van der Waals surface area contributed by atoms with Gasteiger partial charge in [0.15, 0.2) is 0 Å². The van der Waals surface area contributed by atoms with E-state index in [1.165, 1.54) is 11.3 Å². The maximum absolute atomic E-state index is 13.0. The van der Waals surface area contributed by atoms with Gasteiger partial charge in [-0.2, -0.15) is 0 Å². The highest BCUT2D eigenvalue weighted by Crippen LogP contribution is 2.25. The van der Waals surface area contributed by atoms with E-state index >= 15 is 0 Å². The Bertz CT molecular complexity index is 1010. The van der Waals surface area contributed by atoms with E-state index in [1.54, 1.807) is 0 Å². The molecule has 0 radical (unpaired) electrons. The molecule has 3 aromatic rings. The number of morpholine rings is 1. The molecule has 0 unspecified atom stereocenters. The van der Waals surface area contributed by atoms with Gasteiger partial charge in [-0.25, -0.2) is 0 Å². The smallest absolute Gasteiger partial charge is 0.241 e. The largest absolute Gasteiger partial charge is 0.378 e. The first-order valence-corrected chi connectivity index (χ1v) is 10.5. The minimum absolute atomic E-state index is 0.00212. The number of rotatable bonds is 6. The van der Waals surface area contributed by atoms with Crippen LogP contribution in [0.5, 0.6) is 0 Å². The van der Waals surface area contributed by atoms with E-state index in [4.69, 9.17) is 4.74 Å². The molecule has 0 aliphatic carbocycles. The van der Waals surface area contributed by atoms with Gasteiger partial charge in [0.05, 0.1) is 19.3 Å². The van der Waals surface area contributed by atoms with Crippen molar-refractivity contribution in [3.05, 3.63) is 72.3 Å². The molecule has 0 bridgehead atoms. The van der Waals surface area contributed by atoms with E-state index in [1.807, 2.05) is 44.3 Å². The van der Waals surface area contributed by atoms with Crippen molar-refractivity contribution in [1.82, 2.24) is 4.90 Å². The third-order valence-corrected chi connectivity index (χ3v) is 5.85. The third-order valence-electron chi connectivity index (χ3n) is 5.85. The fourth-order valence-electron chi connectivity index (χ4n) is 3.93. The summed E-state index contributed by atoms with van der Waals surface area (Å²) < 4.78 is 5.49. The Morgan fingerprint density at radius 2 is 1.73 bits per heavy atom. The lowest BCUT2D eigenvalue weighted by atomic mass is 10.1. The van der Waals surface area contributed by atoms with E-state index in [0.29, 0.717) is 6.54 Å². The van der Waals surface area contributed by atoms with E-state index in [9.17, 15) is 4.79 Å². The van der Waals surface area contributed by atoms with Crippen LogP contribution in [0.1, 0.15) is 12.5 Å². The number of amides is 1. The van der Waals surface area contributed by atoms with Gasteiger partial charge in [0.25, 0.3) is 0 Å². The number of likely N-dealkylation sites (N-methyl/N-ethyl adjacent to an activating group) is 1. The zero-order valence-electron chi connectivity index (χ0n) is 17.7. The van der Waals surface area contributed by atoms with E-state index in [2.05, 4.69) is 51.5 Å². The summed E-state index contributed by atoms with van der Waals surface area (Å²) in [5.74, 6) is -0.00212. The van der Waals surface area contributed by atoms with Crippen molar-refractivity contribution in [2.75, 3.05) is 43.6 Å². The van der Waals surface area contributed by atoms with Gasteiger partial charge in [-0.3, -0.25) is 9.69 Å². The highest BCUT2D eigenvalue weighted by molar-refractivity contribution is 6.03. The van der Waals surface area contributed by atoms with Crippen LogP contribution < -0.4 is 10.2 Å². The van der Waals surface area contributed by atoms with Crippen molar-refractivity contribution in [3.63, 3.8) is 0 Å². The molecule has 156 valence electrons. The minimum atomic E-state index is -0.262. The van der Waals surface area contributed by atoms with E-state index < -0.39 is 0 Å². The Labute approximate surface area is 178 Å². The van der Waals surface area contributed by atoms with Crippen LogP contribution in [0.4, 0.5) is 11.4 Å². The number of ether oxygens (including phenoxy) is 1. The monoisotopic (exact) mass is 403 g/mol. The summed E-state index contributed by atoms with van der Waals surface area (Å²) in [6, 6.07) is 22.3. The van der Waals surface area contributed by atoms with E-state index in [0.717, 1.165) is 42.8 Å². The topological polar surface area (TPSA) is 44.8 Å². The van der Waals surface area contributed by atoms with Gasteiger partial charge < -0.3 is 15.0 Å². The molecule has 3 aromatic carbocycles. The summed E-state index contributed by atoms with van der Waals surface area (Å²) in [5.41, 5.74) is 3.31. The standard InChI is InChI=1S/C25H29N3O2/c1-19(25(29)26-23-12-7-10-20-8-3-5-11-22(20)23)27(2)18-21-9-4-6-13-24(21)28-14-16-30-17-15-28/h3-13,19H,14-18H2,1-2H3,(H,26,29)/t19-/m1/s1. The van der Waals surface area contributed by atoms with Crippen LogP contribution >= 0.6 is 0 Å². The molecule has 1 aliphatic rings. The van der Waals surface area contributed by atoms with Crippen molar-refractivity contribution in [1.29, 1.82) is 0 Å². The fraction of sp³-hybridized carbons (Fsp3) is 0.320. The second kappa shape index (κ2) is 9.28. The summed E-state index contributed by atoms with van der Waals surface area (Å²) in [6.45, 7) is 5.98. The number of nitrogens with one attached hydrogen (secondary N) is 1. The number of carbonyl (C=O) groups is 1. The molecule has 0 spiro atoms. The summed E-state index contributed by atoms with van der Waals surface area (Å²) in [6.07, 6.45) is 0. The molecule has 1 N–H and O–H groups in total. The normalized spacial score (nSPS) is 15.4. The van der Waals surface area contributed by atoms with Crippen LogP contribution in [0, 0.1) is 0 Å². The van der Waals surface area contributed by atoms with Crippen LogP contribution in [0.15, 0.2) is 66.7 Å².